The third kappa shape index (κ3) is 4.44. The van der Waals surface area contributed by atoms with E-state index in [0.29, 0.717) is 28.0 Å². The molecule has 0 radical (unpaired) electrons. The monoisotopic (exact) mass is 522 g/mol. The Balaban J connectivity index is 1.59. The predicted molar refractivity (Wildman–Crippen MR) is 141 cm³/mol. The standard InChI is InChI=1S/C28H19BrN4O2/c1-18-32-26-12-11-22(29)14-24(26)28(34)33(18)31-16-25-23-9-5-4-6-19(23)10-13-27(25)35-17-21-8-3-2-7-20(21)15-30/h2-14,16H,17H2,1H3. The van der Waals surface area contributed by atoms with E-state index in [1.54, 1.807) is 31.3 Å². The van der Waals surface area contributed by atoms with Gasteiger partial charge < -0.3 is 4.74 Å². The van der Waals surface area contributed by atoms with Crippen molar-refractivity contribution in [2.75, 3.05) is 0 Å². The lowest BCUT2D eigenvalue weighted by atomic mass is 10.0. The molecule has 0 aliphatic carbocycles. The van der Waals surface area contributed by atoms with Crippen molar-refractivity contribution >= 4 is 43.8 Å². The predicted octanol–water partition coefficient (Wildman–Crippen LogP) is 5.95. The summed E-state index contributed by atoms with van der Waals surface area (Å²) in [4.78, 5) is 17.7. The Bertz CT molecular complexity index is 1720. The SMILES string of the molecule is Cc1nc2ccc(Br)cc2c(=O)n1N=Cc1c(OCc2ccccc2C#N)ccc2ccccc12. The van der Waals surface area contributed by atoms with Crippen molar-refractivity contribution < 1.29 is 4.74 Å². The first-order valence-corrected chi connectivity index (χ1v) is 11.7. The molecule has 0 bridgehead atoms. The van der Waals surface area contributed by atoms with Crippen molar-refractivity contribution in [2.24, 2.45) is 5.10 Å². The summed E-state index contributed by atoms with van der Waals surface area (Å²) >= 11 is 3.42. The van der Waals surface area contributed by atoms with Gasteiger partial charge >= 0.3 is 0 Å². The van der Waals surface area contributed by atoms with Crippen LogP contribution in [-0.4, -0.2) is 15.9 Å². The molecule has 0 fully saturated rings. The third-order valence-corrected chi connectivity index (χ3v) is 6.22. The average molecular weight is 523 g/mol. The molecule has 5 aromatic rings. The van der Waals surface area contributed by atoms with E-state index in [9.17, 15) is 10.1 Å². The van der Waals surface area contributed by atoms with E-state index >= 15 is 0 Å². The lowest BCUT2D eigenvalue weighted by Crippen LogP contribution is -2.20. The van der Waals surface area contributed by atoms with Gasteiger partial charge in [0.25, 0.3) is 5.56 Å². The van der Waals surface area contributed by atoms with Crippen LogP contribution in [0, 0.1) is 18.3 Å². The maximum absolute atomic E-state index is 13.2. The smallest absolute Gasteiger partial charge is 0.282 e. The number of halogens is 1. The normalized spacial score (nSPS) is 11.2. The second-order valence-electron chi connectivity index (χ2n) is 7.94. The Hall–Kier alpha value is -4.28. The van der Waals surface area contributed by atoms with E-state index in [-0.39, 0.29) is 12.2 Å². The number of hydrogen-bond acceptors (Lipinski definition) is 5. The maximum Gasteiger partial charge on any atom is 0.282 e. The van der Waals surface area contributed by atoms with Gasteiger partial charge in [0.15, 0.2) is 0 Å². The molecule has 6 nitrogen and oxygen atoms in total. The Morgan fingerprint density at radius 3 is 2.71 bits per heavy atom. The minimum atomic E-state index is -0.254. The molecule has 1 heterocycles. The zero-order chi connectivity index (χ0) is 24.4. The minimum absolute atomic E-state index is 0.230. The van der Waals surface area contributed by atoms with Gasteiger partial charge in [0.2, 0.25) is 0 Å². The van der Waals surface area contributed by atoms with Crippen LogP contribution in [0.4, 0.5) is 0 Å². The van der Waals surface area contributed by atoms with Crippen molar-refractivity contribution in [3.05, 3.63) is 116 Å². The zero-order valence-corrected chi connectivity index (χ0v) is 20.4. The molecule has 5 rings (SSSR count). The summed E-state index contributed by atoms with van der Waals surface area (Å²) in [6, 6.07) is 26.7. The van der Waals surface area contributed by atoms with Gasteiger partial charge in [-0.05, 0) is 48.0 Å². The highest BCUT2D eigenvalue weighted by atomic mass is 79.9. The topological polar surface area (TPSA) is 80.3 Å². The van der Waals surface area contributed by atoms with Crippen molar-refractivity contribution in [3.63, 3.8) is 0 Å². The highest BCUT2D eigenvalue weighted by Crippen LogP contribution is 2.28. The van der Waals surface area contributed by atoms with Gasteiger partial charge in [-0.15, -0.1) is 0 Å². The van der Waals surface area contributed by atoms with Crippen molar-refractivity contribution in [2.45, 2.75) is 13.5 Å². The molecule has 0 N–H and O–H groups in total. The number of fused-ring (bicyclic) bond motifs is 2. The van der Waals surface area contributed by atoms with Gasteiger partial charge in [-0.3, -0.25) is 4.79 Å². The fourth-order valence-electron chi connectivity index (χ4n) is 3.96. The molecule has 4 aromatic carbocycles. The van der Waals surface area contributed by atoms with Crippen LogP contribution >= 0.6 is 15.9 Å². The van der Waals surface area contributed by atoms with Crippen LogP contribution in [0.3, 0.4) is 0 Å². The average Bonchev–Trinajstić information content (AvgIpc) is 2.88. The van der Waals surface area contributed by atoms with E-state index in [2.05, 4.69) is 32.1 Å². The summed E-state index contributed by atoms with van der Waals surface area (Å²) in [6.45, 7) is 1.98. The molecule has 0 aliphatic rings. The quantitative estimate of drug-likeness (QED) is 0.267. The number of ether oxygens (including phenoxy) is 1. The summed E-state index contributed by atoms with van der Waals surface area (Å²) in [5, 5.41) is 16.4. The van der Waals surface area contributed by atoms with Gasteiger partial charge in [-0.25, -0.2) is 4.98 Å². The molecule has 35 heavy (non-hydrogen) atoms. The van der Waals surface area contributed by atoms with Crippen LogP contribution < -0.4 is 10.3 Å². The summed E-state index contributed by atoms with van der Waals surface area (Å²) < 4.78 is 8.25. The Kier molecular flexibility index (Phi) is 6.13. The molecule has 1 aromatic heterocycles. The van der Waals surface area contributed by atoms with Crippen LogP contribution in [0.5, 0.6) is 5.75 Å². The second kappa shape index (κ2) is 9.53. The number of rotatable bonds is 5. The Labute approximate surface area is 209 Å². The number of nitrogens with zero attached hydrogens (tertiary/aromatic N) is 4. The van der Waals surface area contributed by atoms with Crippen LogP contribution in [0.25, 0.3) is 21.7 Å². The van der Waals surface area contributed by atoms with E-state index in [4.69, 9.17) is 4.74 Å². The van der Waals surface area contributed by atoms with E-state index in [1.165, 1.54) is 4.68 Å². The fraction of sp³-hybridized carbons (Fsp3) is 0.0714. The second-order valence-corrected chi connectivity index (χ2v) is 8.85. The van der Waals surface area contributed by atoms with Gasteiger partial charge in [-0.2, -0.15) is 15.0 Å². The van der Waals surface area contributed by atoms with Gasteiger partial charge in [0, 0.05) is 15.6 Å². The van der Waals surface area contributed by atoms with Gasteiger partial charge in [0.05, 0.1) is 28.8 Å². The molecular weight excluding hydrogens is 504 g/mol. The van der Waals surface area contributed by atoms with Crippen molar-refractivity contribution in [3.8, 4) is 11.8 Å². The van der Waals surface area contributed by atoms with E-state index in [1.807, 2.05) is 60.7 Å². The lowest BCUT2D eigenvalue weighted by molar-refractivity contribution is 0.306. The van der Waals surface area contributed by atoms with Crippen LogP contribution in [-0.2, 0) is 6.61 Å². The first kappa shape index (κ1) is 22.5. The molecule has 0 aliphatic heterocycles. The van der Waals surface area contributed by atoms with Crippen LogP contribution in [0.15, 0.2) is 93.2 Å². The summed E-state index contributed by atoms with van der Waals surface area (Å²) in [6.07, 6.45) is 1.63. The molecule has 0 amide bonds. The third-order valence-electron chi connectivity index (χ3n) is 5.72. The molecule has 0 saturated carbocycles. The number of nitriles is 1. The van der Waals surface area contributed by atoms with Crippen molar-refractivity contribution in [1.82, 2.24) is 9.66 Å². The Morgan fingerprint density at radius 1 is 1.06 bits per heavy atom. The van der Waals surface area contributed by atoms with E-state index in [0.717, 1.165) is 26.4 Å². The number of benzene rings is 4. The first-order chi connectivity index (χ1) is 17.0. The lowest BCUT2D eigenvalue weighted by Gasteiger charge is -2.13. The van der Waals surface area contributed by atoms with Gasteiger partial charge in [0.1, 0.15) is 18.2 Å². The van der Waals surface area contributed by atoms with Crippen LogP contribution in [0.2, 0.25) is 0 Å². The number of aromatic nitrogens is 2. The zero-order valence-electron chi connectivity index (χ0n) is 18.8. The fourth-order valence-corrected chi connectivity index (χ4v) is 4.32. The molecule has 170 valence electrons. The maximum atomic E-state index is 13.2. The molecular formula is C28H19BrN4O2. The molecule has 0 saturated heterocycles. The van der Waals surface area contributed by atoms with E-state index < -0.39 is 0 Å². The number of hydrogen-bond donors (Lipinski definition) is 0. The van der Waals surface area contributed by atoms with Gasteiger partial charge in [-0.1, -0.05) is 64.5 Å². The summed E-state index contributed by atoms with van der Waals surface area (Å²) in [5.74, 6) is 1.08. The van der Waals surface area contributed by atoms with Crippen LogP contribution in [0.1, 0.15) is 22.5 Å². The molecule has 0 atom stereocenters. The largest absolute Gasteiger partial charge is 0.488 e. The summed E-state index contributed by atoms with van der Waals surface area (Å²) in [7, 11) is 0. The minimum Gasteiger partial charge on any atom is -0.488 e. The highest BCUT2D eigenvalue weighted by Gasteiger charge is 2.11. The molecule has 0 unspecified atom stereocenters. The summed E-state index contributed by atoms with van der Waals surface area (Å²) in [5.41, 5.74) is 2.46. The number of aryl methyl sites for hydroxylation is 1. The Morgan fingerprint density at radius 2 is 1.86 bits per heavy atom. The highest BCUT2D eigenvalue weighted by molar-refractivity contribution is 9.10. The molecule has 7 heteroatoms. The first-order valence-electron chi connectivity index (χ1n) is 10.9. The molecule has 0 spiro atoms. The van der Waals surface area contributed by atoms with Crippen molar-refractivity contribution in [1.29, 1.82) is 5.26 Å².